The van der Waals surface area contributed by atoms with Gasteiger partial charge in [-0.05, 0) is 26.3 Å². The fourth-order valence-corrected chi connectivity index (χ4v) is 2.36. The van der Waals surface area contributed by atoms with Gasteiger partial charge in [0.05, 0.1) is 12.2 Å². The molecule has 1 aromatic heterocycles. The molecule has 0 fully saturated rings. The van der Waals surface area contributed by atoms with Crippen LogP contribution >= 0.6 is 12.4 Å². The van der Waals surface area contributed by atoms with Crippen LogP contribution < -0.4 is 10.6 Å². The SMILES string of the molecule is CNCCC(=O)NC1CCCc2c1cnn2C.Cl. The largest absolute Gasteiger partial charge is 0.349 e. The molecule has 0 bridgehead atoms. The van der Waals surface area contributed by atoms with Crippen molar-refractivity contribution >= 4 is 18.3 Å². The normalized spacial score (nSPS) is 17.8. The number of amides is 1. The Hall–Kier alpha value is -1.07. The Labute approximate surface area is 114 Å². The number of hydrogen-bond acceptors (Lipinski definition) is 3. The van der Waals surface area contributed by atoms with Gasteiger partial charge in [-0.1, -0.05) is 0 Å². The smallest absolute Gasteiger partial charge is 0.221 e. The van der Waals surface area contributed by atoms with E-state index in [1.54, 1.807) is 0 Å². The summed E-state index contributed by atoms with van der Waals surface area (Å²) in [6.45, 7) is 0.721. The topological polar surface area (TPSA) is 59.0 Å². The molecule has 2 N–H and O–H groups in total. The van der Waals surface area contributed by atoms with Gasteiger partial charge in [0.25, 0.3) is 0 Å². The molecule has 0 radical (unpaired) electrons. The molecule has 102 valence electrons. The van der Waals surface area contributed by atoms with Crippen LogP contribution in [0.2, 0.25) is 0 Å². The van der Waals surface area contributed by atoms with Gasteiger partial charge in [0.15, 0.2) is 0 Å². The first-order valence-electron chi connectivity index (χ1n) is 6.17. The lowest BCUT2D eigenvalue weighted by atomic mass is 9.93. The standard InChI is InChI=1S/C12H20N4O.ClH/c1-13-7-6-12(17)15-10-4-3-5-11-9(10)8-14-16(11)2;/h8,10,13H,3-7H2,1-2H3,(H,15,17);1H. The van der Waals surface area contributed by atoms with Gasteiger partial charge >= 0.3 is 0 Å². The lowest BCUT2D eigenvalue weighted by molar-refractivity contribution is -0.121. The number of aryl methyl sites for hydroxylation is 1. The van der Waals surface area contributed by atoms with Crippen LogP contribution in [0.25, 0.3) is 0 Å². The molecule has 1 heterocycles. The number of rotatable bonds is 4. The summed E-state index contributed by atoms with van der Waals surface area (Å²) in [6, 6.07) is 0.150. The minimum atomic E-state index is 0. The molecule has 18 heavy (non-hydrogen) atoms. The first kappa shape index (κ1) is 15.0. The van der Waals surface area contributed by atoms with E-state index in [4.69, 9.17) is 0 Å². The zero-order chi connectivity index (χ0) is 12.3. The fraction of sp³-hybridized carbons (Fsp3) is 0.667. The van der Waals surface area contributed by atoms with Crippen LogP contribution in [0.3, 0.4) is 0 Å². The quantitative estimate of drug-likeness (QED) is 0.858. The third-order valence-corrected chi connectivity index (χ3v) is 3.31. The van der Waals surface area contributed by atoms with Crippen LogP contribution in [0, 0.1) is 0 Å². The number of hydrogen-bond donors (Lipinski definition) is 2. The molecule has 0 spiro atoms. The van der Waals surface area contributed by atoms with Crippen LogP contribution in [-0.4, -0.2) is 29.3 Å². The lowest BCUT2D eigenvalue weighted by Gasteiger charge is -2.23. The molecule has 0 saturated heterocycles. The number of aromatic nitrogens is 2. The molecule has 1 amide bonds. The summed E-state index contributed by atoms with van der Waals surface area (Å²) in [5.74, 6) is 0.112. The van der Waals surface area contributed by atoms with Gasteiger partial charge < -0.3 is 10.6 Å². The Bertz CT molecular complexity index is 405. The van der Waals surface area contributed by atoms with Crippen molar-refractivity contribution in [2.75, 3.05) is 13.6 Å². The van der Waals surface area contributed by atoms with Crippen molar-refractivity contribution in [3.8, 4) is 0 Å². The van der Waals surface area contributed by atoms with Crippen molar-refractivity contribution in [1.82, 2.24) is 20.4 Å². The maximum absolute atomic E-state index is 11.7. The third-order valence-electron chi connectivity index (χ3n) is 3.31. The minimum Gasteiger partial charge on any atom is -0.349 e. The predicted octanol–water partition coefficient (Wildman–Crippen LogP) is 0.945. The maximum atomic E-state index is 11.7. The van der Waals surface area contributed by atoms with Gasteiger partial charge in [0, 0.05) is 31.3 Å². The number of fused-ring (bicyclic) bond motifs is 1. The average Bonchev–Trinajstić information content (AvgIpc) is 2.70. The highest BCUT2D eigenvalue weighted by Gasteiger charge is 2.24. The molecule has 1 aromatic rings. The molecule has 1 aliphatic rings. The molecular formula is C12H21ClN4O. The molecule has 1 aliphatic carbocycles. The number of carbonyl (C=O) groups excluding carboxylic acids is 1. The molecule has 0 saturated carbocycles. The molecule has 5 nitrogen and oxygen atoms in total. The molecule has 1 unspecified atom stereocenters. The van der Waals surface area contributed by atoms with Gasteiger partial charge in [0.2, 0.25) is 5.91 Å². The Morgan fingerprint density at radius 1 is 1.61 bits per heavy atom. The van der Waals surface area contributed by atoms with E-state index < -0.39 is 0 Å². The Kier molecular flexibility index (Phi) is 5.62. The number of carbonyl (C=O) groups is 1. The summed E-state index contributed by atoms with van der Waals surface area (Å²) < 4.78 is 1.92. The first-order chi connectivity index (χ1) is 8.22. The second-order valence-corrected chi connectivity index (χ2v) is 4.54. The Morgan fingerprint density at radius 3 is 3.11 bits per heavy atom. The highest BCUT2D eigenvalue weighted by molar-refractivity contribution is 5.85. The van der Waals surface area contributed by atoms with Gasteiger partial charge in [-0.25, -0.2) is 0 Å². The van der Waals surface area contributed by atoms with Gasteiger partial charge in [-0.3, -0.25) is 9.48 Å². The Morgan fingerprint density at radius 2 is 2.39 bits per heavy atom. The van der Waals surface area contributed by atoms with E-state index in [0.717, 1.165) is 25.8 Å². The van der Waals surface area contributed by atoms with Crippen LogP contribution in [-0.2, 0) is 18.3 Å². The number of nitrogens with one attached hydrogen (secondary N) is 2. The minimum absolute atomic E-state index is 0. The summed E-state index contributed by atoms with van der Waals surface area (Å²) in [4.78, 5) is 11.7. The zero-order valence-corrected chi connectivity index (χ0v) is 11.7. The van der Waals surface area contributed by atoms with E-state index >= 15 is 0 Å². The monoisotopic (exact) mass is 272 g/mol. The van der Waals surface area contributed by atoms with Crippen LogP contribution in [0.1, 0.15) is 36.6 Å². The molecule has 0 aromatic carbocycles. The van der Waals surface area contributed by atoms with Crippen LogP contribution in [0.4, 0.5) is 0 Å². The molecule has 6 heteroatoms. The van der Waals surface area contributed by atoms with Gasteiger partial charge in [-0.15, -0.1) is 12.4 Å². The second-order valence-electron chi connectivity index (χ2n) is 4.54. The summed E-state index contributed by atoms with van der Waals surface area (Å²) in [7, 11) is 3.82. The first-order valence-corrected chi connectivity index (χ1v) is 6.17. The van der Waals surface area contributed by atoms with E-state index in [1.165, 1.54) is 11.3 Å². The maximum Gasteiger partial charge on any atom is 0.221 e. The van der Waals surface area contributed by atoms with Crippen LogP contribution in [0.5, 0.6) is 0 Å². The zero-order valence-electron chi connectivity index (χ0n) is 10.9. The van der Waals surface area contributed by atoms with Gasteiger partial charge in [-0.2, -0.15) is 5.10 Å². The van der Waals surface area contributed by atoms with Crippen molar-refractivity contribution in [2.45, 2.75) is 31.7 Å². The molecule has 0 aliphatic heterocycles. The second kappa shape index (κ2) is 6.75. The van der Waals surface area contributed by atoms with E-state index in [9.17, 15) is 4.79 Å². The van der Waals surface area contributed by atoms with E-state index in [1.807, 2.05) is 25.0 Å². The van der Waals surface area contributed by atoms with Gasteiger partial charge in [0.1, 0.15) is 0 Å². The summed E-state index contributed by atoms with van der Waals surface area (Å²) in [5.41, 5.74) is 2.45. The van der Waals surface area contributed by atoms with Crippen molar-refractivity contribution < 1.29 is 4.79 Å². The van der Waals surface area contributed by atoms with Crippen molar-refractivity contribution in [2.24, 2.45) is 7.05 Å². The highest BCUT2D eigenvalue weighted by atomic mass is 35.5. The van der Waals surface area contributed by atoms with Crippen molar-refractivity contribution in [3.05, 3.63) is 17.5 Å². The average molecular weight is 273 g/mol. The van der Waals surface area contributed by atoms with E-state index in [0.29, 0.717) is 6.42 Å². The molecular weight excluding hydrogens is 252 g/mol. The lowest BCUT2D eigenvalue weighted by Crippen LogP contribution is -2.32. The molecule has 1 atom stereocenters. The van der Waals surface area contributed by atoms with E-state index in [-0.39, 0.29) is 24.4 Å². The fourth-order valence-electron chi connectivity index (χ4n) is 2.36. The van der Waals surface area contributed by atoms with E-state index in [2.05, 4.69) is 15.7 Å². The summed E-state index contributed by atoms with van der Waals surface area (Å²) >= 11 is 0. The Balaban J connectivity index is 0.00000162. The van der Waals surface area contributed by atoms with Crippen molar-refractivity contribution in [3.63, 3.8) is 0 Å². The molecule has 2 rings (SSSR count). The summed E-state index contributed by atoms with van der Waals surface area (Å²) in [5, 5.41) is 10.3. The summed E-state index contributed by atoms with van der Waals surface area (Å²) in [6.07, 6.45) is 5.61. The highest BCUT2D eigenvalue weighted by Crippen LogP contribution is 2.28. The number of nitrogens with zero attached hydrogens (tertiary/aromatic N) is 2. The van der Waals surface area contributed by atoms with Crippen molar-refractivity contribution in [1.29, 1.82) is 0 Å². The third kappa shape index (κ3) is 3.23. The van der Waals surface area contributed by atoms with Crippen LogP contribution in [0.15, 0.2) is 6.20 Å². The number of halogens is 1. The predicted molar refractivity (Wildman–Crippen MR) is 72.8 cm³/mol.